The van der Waals surface area contributed by atoms with Gasteiger partial charge in [-0.1, -0.05) is 0 Å². The van der Waals surface area contributed by atoms with Gasteiger partial charge >= 0.3 is 35.5 Å². The maximum atomic E-state index is 10.3. The summed E-state index contributed by atoms with van der Waals surface area (Å²) >= 11 is 0. The summed E-state index contributed by atoms with van der Waals surface area (Å²) in [7, 11) is 3.79. The van der Waals surface area contributed by atoms with Crippen molar-refractivity contribution in [3.8, 4) is 0 Å². The number of hydrogen-bond donors (Lipinski definition) is 2. The Balaban J connectivity index is 0. The van der Waals surface area contributed by atoms with Gasteiger partial charge in [-0.05, 0) is 6.54 Å². The van der Waals surface area contributed by atoms with Gasteiger partial charge in [0.15, 0.2) is 6.54 Å². The molecule has 0 saturated carbocycles. The number of quaternary nitrogens is 1. The summed E-state index contributed by atoms with van der Waals surface area (Å²) in [5, 5.41) is 8.50. The van der Waals surface area contributed by atoms with Crippen molar-refractivity contribution in [2.75, 3.05) is 33.7 Å². The average Bonchev–Trinajstić information content (AvgIpc) is 1.81. The predicted molar refractivity (Wildman–Crippen MR) is 43.1 cm³/mol. The molecule has 0 spiro atoms. The van der Waals surface area contributed by atoms with Crippen LogP contribution in [0.3, 0.4) is 0 Å². The van der Waals surface area contributed by atoms with Crippen LogP contribution in [0.2, 0.25) is 0 Å². The van der Waals surface area contributed by atoms with E-state index in [-0.39, 0.29) is 36.1 Å². The molecule has 0 amide bonds. The van der Waals surface area contributed by atoms with Gasteiger partial charge in [0.2, 0.25) is 0 Å². The third-order valence-corrected chi connectivity index (χ3v) is 1.53. The monoisotopic (exact) mass is 184 g/mol. The molecule has 5 heteroatoms. The third kappa shape index (κ3) is 8.49. The van der Waals surface area contributed by atoms with E-state index in [1.54, 1.807) is 0 Å². The SMILES string of the molecule is C[N+](C)(CCCN)CC(=O)O.[Na+]. The van der Waals surface area contributed by atoms with Gasteiger partial charge in [0.1, 0.15) is 0 Å². The van der Waals surface area contributed by atoms with E-state index in [1.807, 2.05) is 14.1 Å². The van der Waals surface area contributed by atoms with Crippen LogP contribution in [0.4, 0.5) is 0 Å². The molecule has 0 aromatic heterocycles. The van der Waals surface area contributed by atoms with Crippen LogP contribution in [0.25, 0.3) is 0 Å². The number of nitrogens with zero attached hydrogens (tertiary/aromatic N) is 1. The van der Waals surface area contributed by atoms with E-state index in [4.69, 9.17) is 10.8 Å². The Labute approximate surface area is 95.6 Å². The molecule has 12 heavy (non-hydrogen) atoms. The summed E-state index contributed by atoms with van der Waals surface area (Å²) in [6.45, 7) is 1.62. The summed E-state index contributed by atoms with van der Waals surface area (Å²) in [6.07, 6.45) is 0.875. The summed E-state index contributed by atoms with van der Waals surface area (Å²) in [5.74, 6) is -0.757. The minimum Gasteiger partial charge on any atom is -0.477 e. The van der Waals surface area contributed by atoms with Crippen molar-refractivity contribution in [3.63, 3.8) is 0 Å². The van der Waals surface area contributed by atoms with Crippen molar-refractivity contribution in [1.82, 2.24) is 0 Å². The Hall–Kier alpha value is 0.390. The molecular formula is C7H17N2NaO2+2. The first kappa shape index (κ1) is 14.9. The molecule has 0 heterocycles. The minimum atomic E-state index is -0.757. The molecule has 0 unspecified atom stereocenters. The molecular weight excluding hydrogens is 167 g/mol. The summed E-state index contributed by atoms with van der Waals surface area (Å²) in [5.41, 5.74) is 5.31. The van der Waals surface area contributed by atoms with E-state index >= 15 is 0 Å². The number of nitrogens with two attached hydrogens (primary N) is 1. The molecule has 0 aliphatic heterocycles. The fourth-order valence-corrected chi connectivity index (χ4v) is 0.965. The second-order valence-electron chi connectivity index (χ2n) is 3.35. The van der Waals surface area contributed by atoms with Crippen LogP contribution in [0, 0.1) is 0 Å². The van der Waals surface area contributed by atoms with E-state index < -0.39 is 5.97 Å². The van der Waals surface area contributed by atoms with Gasteiger partial charge in [-0.25, -0.2) is 4.79 Å². The van der Waals surface area contributed by atoms with Crippen LogP contribution in [0.1, 0.15) is 6.42 Å². The fraction of sp³-hybridized carbons (Fsp3) is 0.857. The van der Waals surface area contributed by atoms with Crippen LogP contribution in [0.15, 0.2) is 0 Å². The maximum absolute atomic E-state index is 10.3. The second-order valence-corrected chi connectivity index (χ2v) is 3.35. The van der Waals surface area contributed by atoms with Crippen molar-refractivity contribution in [1.29, 1.82) is 0 Å². The largest absolute Gasteiger partial charge is 1.00 e. The Bertz CT molecular complexity index is 139. The summed E-state index contributed by atoms with van der Waals surface area (Å²) in [6, 6.07) is 0. The van der Waals surface area contributed by atoms with Crippen LogP contribution in [-0.2, 0) is 4.79 Å². The van der Waals surface area contributed by atoms with Gasteiger partial charge in [-0.2, -0.15) is 0 Å². The first-order valence-corrected chi connectivity index (χ1v) is 3.72. The van der Waals surface area contributed by atoms with Crippen LogP contribution >= 0.6 is 0 Å². The first-order chi connectivity index (χ1) is 4.98. The summed E-state index contributed by atoms with van der Waals surface area (Å²) in [4.78, 5) is 10.3. The number of hydrogen-bond acceptors (Lipinski definition) is 2. The molecule has 0 aliphatic carbocycles. The van der Waals surface area contributed by atoms with Gasteiger partial charge in [0.25, 0.3) is 0 Å². The van der Waals surface area contributed by atoms with Crippen molar-refractivity contribution >= 4 is 5.97 Å². The van der Waals surface area contributed by atoms with E-state index in [2.05, 4.69) is 0 Å². The fourth-order valence-electron chi connectivity index (χ4n) is 0.965. The van der Waals surface area contributed by atoms with Crippen LogP contribution < -0.4 is 35.3 Å². The van der Waals surface area contributed by atoms with E-state index in [9.17, 15) is 4.79 Å². The number of carboxylic acid groups (broad SMARTS) is 1. The normalized spacial score (nSPS) is 10.6. The van der Waals surface area contributed by atoms with E-state index in [1.165, 1.54) is 0 Å². The number of rotatable bonds is 5. The Morgan fingerprint density at radius 2 is 2.00 bits per heavy atom. The Morgan fingerprint density at radius 3 is 2.33 bits per heavy atom. The van der Waals surface area contributed by atoms with E-state index in [0.717, 1.165) is 13.0 Å². The van der Waals surface area contributed by atoms with Crippen LogP contribution in [-0.4, -0.2) is 49.3 Å². The molecule has 0 fully saturated rings. The topological polar surface area (TPSA) is 63.3 Å². The molecule has 0 aromatic rings. The number of carbonyl (C=O) groups is 1. The molecule has 4 nitrogen and oxygen atoms in total. The standard InChI is InChI=1S/C7H16N2O2.Na/c1-9(2,5-3-4-8)6-7(10)11;/h3-6,8H2,1-2H3;/q;+1/p+1. The van der Waals surface area contributed by atoms with Crippen LogP contribution in [0.5, 0.6) is 0 Å². The number of aliphatic carboxylic acids is 1. The molecule has 0 saturated heterocycles. The van der Waals surface area contributed by atoms with Crippen molar-refractivity contribution < 1.29 is 43.9 Å². The Kier molecular flexibility index (Phi) is 8.51. The molecule has 0 aliphatic rings. The van der Waals surface area contributed by atoms with Gasteiger partial charge in [0, 0.05) is 6.42 Å². The predicted octanol–water partition coefficient (Wildman–Crippen LogP) is -3.50. The zero-order valence-electron chi connectivity index (χ0n) is 8.21. The van der Waals surface area contributed by atoms with Gasteiger partial charge in [-0.3, -0.25) is 0 Å². The van der Waals surface area contributed by atoms with Crippen molar-refractivity contribution in [3.05, 3.63) is 0 Å². The smallest absolute Gasteiger partial charge is 0.477 e. The minimum absolute atomic E-state index is 0. The van der Waals surface area contributed by atoms with Gasteiger partial charge in [-0.15, -0.1) is 0 Å². The average molecular weight is 184 g/mol. The van der Waals surface area contributed by atoms with Crippen molar-refractivity contribution in [2.24, 2.45) is 5.73 Å². The molecule has 0 rings (SSSR count). The summed E-state index contributed by atoms with van der Waals surface area (Å²) < 4.78 is 0.506. The molecule has 0 radical (unpaired) electrons. The molecule has 0 aromatic carbocycles. The quantitative estimate of drug-likeness (QED) is 0.344. The van der Waals surface area contributed by atoms with Gasteiger partial charge < -0.3 is 15.3 Å². The zero-order valence-corrected chi connectivity index (χ0v) is 10.2. The Morgan fingerprint density at radius 1 is 1.50 bits per heavy atom. The number of likely N-dealkylation sites (N-methyl/N-ethyl adjacent to an activating group) is 1. The molecule has 0 bridgehead atoms. The maximum Gasteiger partial charge on any atom is 1.00 e. The molecule has 66 valence electrons. The van der Waals surface area contributed by atoms with E-state index in [0.29, 0.717) is 11.0 Å². The van der Waals surface area contributed by atoms with Crippen molar-refractivity contribution in [2.45, 2.75) is 6.42 Å². The second kappa shape index (κ2) is 6.86. The number of carboxylic acids is 1. The molecule has 0 atom stereocenters. The first-order valence-electron chi connectivity index (χ1n) is 3.72. The molecule has 3 N–H and O–H groups in total. The zero-order chi connectivity index (χ0) is 8.91. The van der Waals surface area contributed by atoms with Gasteiger partial charge in [0.05, 0.1) is 20.6 Å². The third-order valence-electron chi connectivity index (χ3n) is 1.53.